The second-order valence-corrected chi connectivity index (χ2v) is 7.08. The van der Waals surface area contributed by atoms with Crippen molar-refractivity contribution in [2.75, 3.05) is 11.9 Å². The molecule has 0 saturated carbocycles. The number of rotatable bonds is 5. The van der Waals surface area contributed by atoms with Crippen LogP contribution < -0.4 is 10.1 Å². The van der Waals surface area contributed by atoms with Gasteiger partial charge in [-0.05, 0) is 76.3 Å². The van der Waals surface area contributed by atoms with Crippen molar-refractivity contribution < 1.29 is 9.53 Å². The number of halogens is 1. The summed E-state index contributed by atoms with van der Waals surface area (Å²) >= 11 is 3.52. The molecule has 0 fully saturated rings. The lowest BCUT2D eigenvalue weighted by Crippen LogP contribution is -2.20. The number of hydrogen-bond donors (Lipinski definition) is 1. The molecule has 0 spiro atoms. The number of anilines is 1. The van der Waals surface area contributed by atoms with Crippen LogP contribution in [0.15, 0.2) is 71.2 Å². The average molecular weight is 410 g/mol. The lowest BCUT2D eigenvalue weighted by molar-refractivity contribution is -0.118. The molecule has 0 aliphatic carbocycles. The quantitative estimate of drug-likeness (QED) is 0.582. The highest BCUT2D eigenvalue weighted by atomic mass is 79.9. The Hall–Kier alpha value is -2.59. The molecule has 1 amide bonds. The minimum atomic E-state index is -0.186. The Labute approximate surface area is 162 Å². The molecule has 0 aliphatic rings. The first-order valence-corrected chi connectivity index (χ1v) is 9.16. The van der Waals surface area contributed by atoms with Crippen molar-refractivity contribution in [1.29, 1.82) is 0 Å². The van der Waals surface area contributed by atoms with Crippen LogP contribution in [0.5, 0.6) is 5.75 Å². The number of carbonyl (C=O) groups excluding carboxylic acids is 1. The van der Waals surface area contributed by atoms with Gasteiger partial charge in [-0.15, -0.1) is 0 Å². The zero-order chi connectivity index (χ0) is 18.5. The molecule has 0 saturated heterocycles. The molecule has 1 N–H and O–H groups in total. The first-order chi connectivity index (χ1) is 12.5. The van der Waals surface area contributed by atoms with Crippen molar-refractivity contribution in [2.24, 2.45) is 0 Å². The van der Waals surface area contributed by atoms with E-state index in [2.05, 4.69) is 39.4 Å². The van der Waals surface area contributed by atoms with E-state index in [9.17, 15) is 4.79 Å². The molecule has 0 aromatic heterocycles. The van der Waals surface area contributed by atoms with E-state index >= 15 is 0 Å². The van der Waals surface area contributed by atoms with E-state index in [0.717, 1.165) is 32.4 Å². The van der Waals surface area contributed by atoms with Crippen LogP contribution in [-0.2, 0) is 4.79 Å². The van der Waals surface area contributed by atoms with Gasteiger partial charge in [-0.3, -0.25) is 4.79 Å². The maximum Gasteiger partial charge on any atom is 0.262 e. The average Bonchev–Trinajstić information content (AvgIpc) is 2.60. The minimum Gasteiger partial charge on any atom is -0.483 e. The Morgan fingerprint density at radius 3 is 2.27 bits per heavy atom. The lowest BCUT2D eigenvalue weighted by Gasteiger charge is -2.11. The van der Waals surface area contributed by atoms with E-state index < -0.39 is 0 Å². The van der Waals surface area contributed by atoms with Gasteiger partial charge in [-0.2, -0.15) is 0 Å². The van der Waals surface area contributed by atoms with E-state index in [0.29, 0.717) is 5.75 Å². The van der Waals surface area contributed by atoms with Crippen molar-refractivity contribution in [2.45, 2.75) is 13.8 Å². The molecule has 3 aromatic rings. The largest absolute Gasteiger partial charge is 0.483 e. The van der Waals surface area contributed by atoms with Gasteiger partial charge in [0.1, 0.15) is 5.75 Å². The number of ether oxygens (including phenoxy) is 1. The molecule has 0 heterocycles. The van der Waals surface area contributed by atoms with Crippen LogP contribution >= 0.6 is 15.9 Å². The fourth-order valence-corrected chi connectivity index (χ4v) is 3.31. The Morgan fingerprint density at radius 2 is 1.62 bits per heavy atom. The summed E-state index contributed by atoms with van der Waals surface area (Å²) in [5, 5.41) is 2.87. The summed E-state index contributed by atoms with van der Waals surface area (Å²) in [4.78, 5) is 12.2. The van der Waals surface area contributed by atoms with E-state index in [1.54, 1.807) is 0 Å². The Balaban J connectivity index is 1.63. The minimum absolute atomic E-state index is 0.0454. The highest BCUT2D eigenvalue weighted by Gasteiger charge is 2.08. The van der Waals surface area contributed by atoms with Crippen molar-refractivity contribution in [3.05, 3.63) is 82.3 Å². The second-order valence-electron chi connectivity index (χ2n) is 6.22. The number of nitrogens with one attached hydrogen (secondary N) is 1. The zero-order valence-electron chi connectivity index (χ0n) is 14.8. The fraction of sp³-hybridized carbons (Fsp3) is 0.136. The van der Waals surface area contributed by atoms with Crippen LogP contribution in [0, 0.1) is 13.8 Å². The Kier molecular flexibility index (Phi) is 5.74. The van der Waals surface area contributed by atoms with Gasteiger partial charge in [0.15, 0.2) is 6.61 Å². The third kappa shape index (κ3) is 4.73. The number of benzene rings is 3. The van der Waals surface area contributed by atoms with E-state index in [-0.39, 0.29) is 12.5 Å². The van der Waals surface area contributed by atoms with E-state index in [1.165, 1.54) is 0 Å². The van der Waals surface area contributed by atoms with Crippen LogP contribution in [0.1, 0.15) is 11.1 Å². The third-order valence-electron chi connectivity index (χ3n) is 3.90. The summed E-state index contributed by atoms with van der Waals surface area (Å²) in [5.74, 6) is 0.453. The molecule has 3 rings (SSSR count). The topological polar surface area (TPSA) is 38.3 Å². The predicted octanol–water partition coefficient (Wildman–Crippen LogP) is 5.75. The zero-order valence-corrected chi connectivity index (χ0v) is 16.3. The monoisotopic (exact) mass is 409 g/mol. The molecule has 3 aromatic carbocycles. The number of aryl methyl sites for hydroxylation is 2. The molecule has 132 valence electrons. The molecule has 0 unspecified atom stereocenters. The van der Waals surface area contributed by atoms with Gasteiger partial charge < -0.3 is 10.1 Å². The van der Waals surface area contributed by atoms with Gasteiger partial charge in [-0.1, -0.05) is 42.5 Å². The lowest BCUT2D eigenvalue weighted by atomic mass is 10.1. The Bertz CT molecular complexity index is 902. The summed E-state index contributed by atoms with van der Waals surface area (Å²) in [5.41, 5.74) is 5.23. The number of amides is 1. The van der Waals surface area contributed by atoms with Gasteiger partial charge in [0, 0.05) is 5.69 Å². The van der Waals surface area contributed by atoms with Gasteiger partial charge in [0.25, 0.3) is 5.91 Å². The maximum absolute atomic E-state index is 12.2. The maximum atomic E-state index is 12.2. The van der Waals surface area contributed by atoms with Crippen molar-refractivity contribution in [3.63, 3.8) is 0 Å². The van der Waals surface area contributed by atoms with Crippen LogP contribution in [-0.4, -0.2) is 12.5 Å². The normalized spacial score (nSPS) is 10.4. The van der Waals surface area contributed by atoms with Crippen molar-refractivity contribution in [3.8, 4) is 16.9 Å². The van der Waals surface area contributed by atoms with Crippen LogP contribution in [0.2, 0.25) is 0 Å². The first kappa shape index (κ1) is 18.2. The molecule has 0 aliphatic heterocycles. The van der Waals surface area contributed by atoms with Crippen LogP contribution in [0.4, 0.5) is 5.69 Å². The Morgan fingerprint density at radius 1 is 0.923 bits per heavy atom. The third-order valence-corrected chi connectivity index (χ3v) is 4.52. The van der Waals surface area contributed by atoms with Crippen LogP contribution in [0.25, 0.3) is 11.1 Å². The van der Waals surface area contributed by atoms with E-state index in [4.69, 9.17) is 4.74 Å². The second kappa shape index (κ2) is 8.19. The van der Waals surface area contributed by atoms with Crippen molar-refractivity contribution >= 4 is 27.5 Å². The number of hydrogen-bond acceptors (Lipinski definition) is 2. The highest BCUT2D eigenvalue weighted by molar-refractivity contribution is 9.10. The molecule has 0 atom stereocenters. The molecule has 0 bridgehead atoms. The molecular weight excluding hydrogens is 390 g/mol. The molecule has 4 heteroatoms. The van der Waals surface area contributed by atoms with Gasteiger partial charge >= 0.3 is 0 Å². The van der Waals surface area contributed by atoms with E-state index in [1.807, 2.05) is 62.4 Å². The van der Waals surface area contributed by atoms with Gasteiger partial charge in [-0.25, -0.2) is 0 Å². The van der Waals surface area contributed by atoms with Crippen LogP contribution in [0.3, 0.4) is 0 Å². The summed E-state index contributed by atoms with van der Waals surface area (Å²) in [7, 11) is 0. The standard InChI is InChI=1S/C22H20BrNO2/c1-15-10-16(2)12-19(11-15)24-22(25)14-26-21-9-8-18(13-20(21)23)17-6-4-3-5-7-17/h3-13H,14H2,1-2H3,(H,24,25). The predicted molar refractivity (Wildman–Crippen MR) is 110 cm³/mol. The van der Waals surface area contributed by atoms with Gasteiger partial charge in [0.2, 0.25) is 0 Å². The molecule has 0 radical (unpaired) electrons. The fourth-order valence-electron chi connectivity index (χ4n) is 2.82. The summed E-state index contributed by atoms with van der Waals surface area (Å²) in [6.45, 7) is 3.96. The molecular formula is C22H20BrNO2. The number of carbonyl (C=O) groups is 1. The highest BCUT2D eigenvalue weighted by Crippen LogP contribution is 2.30. The smallest absolute Gasteiger partial charge is 0.262 e. The molecule has 26 heavy (non-hydrogen) atoms. The summed E-state index contributed by atoms with van der Waals surface area (Å²) in [6.07, 6.45) is 0. The molecule has 3 nitrogen and oxygen atoms in total. The SMILES string of the molecule is Cc1cc(C)cc(NC(=O)COc2ccc(-c3ccccc3)cc2Br)c1. The van der Waals surface area contributed by atoms with Gasteiger partial charge in [0.05, 0.1) is 4.47 Å². The summed E-state index contributed by atoms with van der Waals surface area (Å²) in [6, 6.07) is 21.9. The van der Waals surface area contributed by atoms with Crippen molar-refractivity contribution in [1.82, 2.24) is 0 Å². The first-order valence-electron chi connectivity index (χ1n) is 8.37. The summed E-state index contributed by atoms with van der Waals surface area (Å²) < 4.78 is 6.48.